The van der Waals surface area contributed by atoms with Crippen LogP contribution in [0.25, 0.3) is 0 Å². The van der Waals surface area contributed by atoms with Crippen molar-refractivity contribution < 1.29 is 14.3 Å². The molecule has 0 radical (unpaired) electrons. The molecule has 0 saturated carbocycles. The molecule has 0 aliphatic heterocycles. The van der Waals surface area contributed by atoms with Gasteiger partial charge >= 0.3 is 0 Å². The molecule has 18 heavy (non-hydrogen) atoms. The van der Waals surface area contributed by atoms with Crippen molar-refractivity contribution >= 4 is 29.1 Å². The number of hydrogen-bond donors (Lipinski definition) is 3. The Morgan fingerprint density at radius 1 is 1.50 bits per heavy atom. The van der Waals surface area contributed by atoms with Gasteiger partial charge in [0.05, 0.1) is 17.3 Å². The van der Waals surface area contributed by atoms with Gasteiger partial charge in [0, 0.05) is 12.7 Å². The summed E-state index contributed by atoms with van der Waals surface area (Å²) in [4.78, 5) is 22.7. The monoisotopic (exact) mass is 271 g/mol. The van der Waals surface area contributed by atoms with Gasteiger partial charge in [-0.2, -0.15) is 0 Å². The zero-order chi connectivity index (χ0) is 13.7. The highest BCUT2D eigenvalue weighted by molar-refractivity contribution is 6.34. The lowest BCUT2D eigenvalue weighted by molar-refractivity contribution is -0.118. The van der Waals surface area contributed by atoms with Crippen LogP contribution in [0.1, 0.15) is 10.4 Å². The molecule has 5 N–H and O–H groups in total. The topological polar surface area (TPSA) is 107 Å². The summed E-state index contributed by atoms with van der Waals surface area (Å²) in [6.07, 6.45) is 0. The van der Waals surface area contributed by atoms with E-state index in [0.717, 1.165) is 0 Å². The number of primary amides is 1. The lowest BCUT2D eigenvalue weighted by atomic mass is 10.2. The van der Waals surface area contributed by atoms with Gasteiger partial charge in [0.2, 0.25) is 11.8 Å². The normalized spacial score (nSPS) is 11.9. The van der Waals surface area contributed by atoms with Gasteiger partial charge in [0.15, 0.2) is 0 Å². The number of hydrogen-bond acceptors (Lipinski definition) is 4. The van der Waals surface area contributed by atoms with Gasteiger partial charge < -0.3 is 21.5 Å². The van der Waals surface area contributed by atoms with Crippen molar-refractivity contribution in [3.05, 3.63) is 28.8 Å². The number of halogens is 1. The van der Waals surface area contributed by atoms with Crippen molar-refractivity contribution in [3.8, 4) is 0 Å². The SMILES string of the molecule is COCC(N)C(=O)Nc1cc(C(N)=O)ccc1Cl. The molecule has 0 fully saturated rings. The van der Waals surface area contributed by atoms with Gasteiger partial charge in [-0.05, 0) is 18.2 Å². The van der Waals surface area contributed by atoms with E-state index in [1.165, 1.54) is 25.3 Å². The predicted octanol–water partition coefficient (Wildman–Crippen LogP) is 0.351. The predicted molar refractivity (Wildman–Crippen MR) is 68.5 cm³/mol. The number of methoxy groups -OCH3 is 1. The molecule has 0 heterocycles. The fourth-order valence-electron chi connectivity index (χ4n) is 1.26. The van der Waals surface area contributed by atoms with Crippen LogP contribution in [0.15, 0.2) is 18.2 Å². The number of nitrogens with two attached hydrogens (primary N) is 2. The van der Waals surface area contributed by atoms with Crippen LogP contribution in [0, 0.1) is 0 Å². The van der Waals surface area contributed by atoms with E-state index < -0.39 is 17.9 Å². The van der Waals surface area contributed by atoms with Crippen molar-refractivity contribution in [3.63, 3.8) is 0 Å². The Morgan fingerprint density at radius 2 is 2.17 bits per heavy atom. The molecule has 1 rings (SSSR count). The fourth-order valence-corrected chi connectivity index (χ4v) is 1.42. The van der Waals surface area contributed by atoms with E-state index >= 15 is 0 Å². The van der Waals surface area contributed by atoms with Crippen LogP contribution in [-0.4, -0.2) is 31.6 Å². The highest BCUT2D eigenvalue weighted by atomic mass is 35.5. The maximum atomic E-state index is 11.6. The number of amides is 2. The molecular formula is C11H14ClN3O3. The van der Waals surface area contributed by atoms with Crippen molar-refractivity contribution in [1.29, 1.82) is 0 Å². The molecular weight excluding hydrogens is 258 g/mol. The summed E-state index contributed by atoms with van der Waals surface area (Å²) in [5.74, 6) is -1.07. The van der Waals surface area contributed by atoms with Crippen LogP contribution in [0.3, 0.4) is 0 Å². The molecule has 6 nitrogen and oxygen atoms in total. The van der Waals surface area contributed by atoms with E-state index in [-0.39, 0.29) is 22.9 Å². The van der Waals surface area contributed by atoms with E-state index in [4.69, 9.17) is 27.8 Å². The Hall–Kier alpha value is -1.63. The number of anilines is 1. The van der Waals surface area contributed by atoms with Crippen LogP contribution in [0.5, 0.6) is 0 Å². The first kappa shape index (κ1) is 14.4. The second kappa shape index (κ2) is 6.34. The summed E-state index contributed by atoms with van der Waals surface area (Å²) >= 11 is 5.89. The molecule has 0 saturated heterocycles. The van der Waals surface area contributed by atoms with Crippen molar-refractivity contribution in [2.24, 2.45) is 11.5 Å². The Morgan fingerprint density at radius 3 is 2.72 bits per heavy atom. The number of nitrogens with one attached hydrogen (secondary N) is 1. The number of rotatable bonds is 5. The Kier molecular flexibility index (Phi) is 5.08. The minimum absolute atomic E-state index is 0.0823. The molecule has 0 aromatic heterocycles. The fraction of sp³-hybridized carbons (Fsp3) is 0.273. The highest BCUT2D eigenvalue weighted by Gasteiger charge is 2.15. The van der Waals surface area contributed by atoms with Crippen LogP contribution in [-0.2, 0) is 9.53 Å². The van der Waals surface area contributed by atoms with Gasteiger partial charge in [-0.1, -0.05) is 11.6 Å². The highest BCUT2D eigenvalue weighted by Crippen LogP contribution is 2.23. The van der Waals surface area contributed by atoms with Gasteiger partial charge in [0.25, 0.3) is 0 Å². The van der Waals surface area contributed by atoms with Gasteiger partial charge in [-0.15, -0.1) is 0 Å². The van der Waals surface area contributed by atoms with Gasteiger partial charge in [-0.25, -0.2) is 0 Å². The second-order valence-corrected chi connectivity index (χ2v) is 4.02. The second-order valence-electron chi connectivity index (χ2n) is 3.61. The molecule has 0 aliphatic carbocycles. The molecule has 2 amide bonds. The molecule has 1 unspecified atom stereocenters. The summed E-state index contributed by atoms with van der Waals surface area (Å²) in [5.41, 5.74) is 11.2. The van der Waals surface area contributed by atoms with Gasteiger partial charge in [-0.3, -0.25) is 9.59 Å². The summed E-state index contributed by atoms with van der Waals surface area (Å²) in [6.45, 7) is 0.0823. The number of benzene rings is 1. The molecule has 7 heteroatoms. The standard InChI is InChI=1S/C11H14ClN3O3/c1-18-5-8(13)11(17)15-9-4-6(10(14)16)2-3-7(9)12/h2-4,8H,5,13H2,1H3,(H2,14,16)(H,15,17). The van der Waals surface area contributed by atoms with E-state index in [1.54, 1.807) is 0 Å². The third kappa shape index (κ3) is 3.69. The molecule has 0 aliphatic rings. The van der Waals surface area contributed by atoms with Crippen molar-refractivity contribution in [2.75, 3.05) is 19.0 Å². The summed E-state index contributed by atoms with van der Waals surface area (Å²) in [6, 6.07) is 3.51. The summed E-state index contributed by atoms with van der Waals surface area (Å²) < 4.78 is 4.76. The zero-order valence-corrected chi connectivity index (χ0v) is 10.5. The number of carbonyl (C=O) groups is 2. The molecule has 1 atom stereocenters. The first-order valence-corrected chi connectivity index (χ1v) is 5.48. The van der Waals surface area contributed by atoms with E-state index in [9.17, 15) is 9.59 Å². The summed E-state index contributed by atoms with van der Waals surface area (Å²) in [5, 5.41) is 2.80. The maximum Gasteiger partial charge on any atom is 0.248 e. The Labute approximate surface area is 109 Å². The molecule has 98 valence electrons. The van der Waals surface area contributed by atoms with Crippen LogP contribution < -0.4 is 16.8 Å². The first-order valence-electron chi connectivity index (χ1n) is 5.10. The minimum Gasteiger partial charge on any atom is -0.383 e. The Balaban J connectivity index is 2.86. The quantitative estimate of drug-likeness (QED) is 0.718. The van der Waals surface area contributed by atoms with Crippen LogP contribution in [0.2, 0.25) is 5.02 Å². The van der Waals surface area contributed by atoms with E-state index in [0.29, 0.717) is 0 Å². The largest absolute Gasteiger partial charge is 0.383 e. The first-order chi connectivity index (χ1) is 8.45. The zero-order valence-electron chi connectivity index (χ0n) is 9.77. The average Bonchev–Trinajstić information content (AvgIpc) is 2.31. The van der Waals surface area contributed by atoms with Crippen LogP contribution in [0.4, 0.5) is 5.69 Å². The molecule has 1 aromatic rings. The van der Waals surface area contributed by atoms with Crippen LogP contribution >= 0.6 is 11.6 Å². The lowest BCUT2D eigenvalue weighted by Crippen LogP contribution is -2.39. The van der Waals surface area contributed by atoms with Gasteiger partial charge in [0.1, 0.15) is 6.04 Å². The van der Waals surface area contributed by atoms with E-state index in [1.807, 2.05) is 0 Å². The minimum atomic E-state index is -0.816. The summed E-state index contributed by atoms with van der Waals surface area (Å²) in [7, 11) is 1.44. The maximum absolute atomic E-state index is 11.6. The third-order valence-electron chi connectivity index (χ3n) is 2.19. The van der Waals surface area contributed by atoms with Crippen molar-refractivity contribution in [1.82, 2.24) is 0 Å². The lowest BCUT2D eigenvalue weighted by Gasteiger charge is -2.12. The molecule has 0 spiro atoms. The smallest absolute Gasteiger partial charge is 0.248 e. The molecule has 1 aromatic carbocycles. The third-order valence-corrected chi connectivity index (χ3v) is 2.52. The number of carbonyl (C=O) groups excluding carboxylic acids is 2. The molecule has 0 bridgehead atoms. The Bertz CT molecular complexity index is 465. The number of ether oxygens (including phenoxy) is 1. The average molecular weight is 272 g/mol. The van der Waals surface area contributed by atoms with E-state index in [2.05, 4.69) is 5.32 Å². The van der Waals surface area contributed by atoms with Crippen molar-refractivity contribution in [2.45, 2.75) is 6.04 Å².